The predicted octanol–water partition coefficient (Wildman–Crippen LogP) is -0.513. The number of ether oxygens (including phenoxy) is 1. The van der Waals surface area contributed by atoms with Gasteiger partial charge in [0.25, 0.3) is 0 Å². The molecule has 0 aromatic carbocycles. The van der Waals surface area contributed by atoms with Crippen LogP contribution in [-0.2, 0) is 9.53 Å². The van der Waals surface area contributed by atoms with Crippen molar-refractivity contribution in [2.45, 2.75) is 19.3 Å². The summed E-state index contributed by atoms with van der Waals surface area (Å²) >= 11 is 0. The minimum Gasteiger partial charge on any atom is -0.396 e. The maximum atomic E-state index is 11.3. The summed E-state index contributed by atoms with van der Waals surface area (Å²) in [4.78, 5) is 11.3. The lowest BCUT2D eigenvalue weighted by molar-refractivity contribution is -0.125. The Hall–Kier alpha value is -0.650. The third-order valence-electron chi connectivity index (χ3n) is 3.11. The summed E-state index contributed by atoms with van der Waals surface area (Å²) in [6.07, 6.45) is 3.31. The molecule has 0 aromatic rings. The number of aliphatic hydroxyl groups is 1. The Morgan fingerprint density at radius 2 is 2.19 bits per heavy atom. The van der Waals surface area contributed by atoms with Gasteiger partial charge in [0, 0.05) is 19.7 Å². The summed E-state index contributed by atoms with van der Waals surface area (Å²) in [7, 11) is 0. The number of hydrogen-bond donors (Lipinski definition) is 3. The van der Waals surface area contributed by atoms with Gasteiger partial charge in [-0.2, -0.15) is 0 Å². The molecule has 0 aromatic heterocycles. The largest absolute Gasteiger partial charge is 0.396 e. The molecule has 1 saturated carbocycles. The molecule has 1 fully saturated rings. The van der Waals surface area contributed by atoms with Gasteiger partial charge in [0.05, 0.1) is 6.61 Å². The molecule has 5 nitrogen and oxygen atoms in total. The van der Waals surface area contributed by atoms with E-state index in [-0.39, 0.29) is 19.1 Å². The molecule has 0 saturated heterocycles. The van der Waals surface area contributed by atoms with Gasteiger partial charge in [-0.25, -0.2) is 0 Å². The highest BCUT2D eigenvalue weighted by Crippen LogP contribution is 2.30. The molecule has 0 radical (unpaired) electrons. The molecule has 16 heavy (non-hydrogen) atoms. The van der Waals surface area contributed by atoms with E-state index in [9.17, 15) is 4.79 Å². The van der Waals surface area contributed by atoms with E-state index in [1.807, 2.05) is 0 Å². The lowest BCUT2D eigenvalue weighted by atomic mass is 9.97. The van der Waals surface area contributed by atoms with E-state index < -0.39 is 0 Å². The van der Waals surface area contributed by atoms with E-state index in [0.29, 0.717) is 31.5 Å². The molecule has 0 spiro atoms. The normalized spacial score (nSPS) is 24.6. The van der Waals surface area contributed by atoms with E-state index in [2.05, 4.69) is 5.32 Å². The summed E-state index contributed by atoms with van der Waals surface area (Å²) in [5.74, 6) is 0.672. The van der Waals surface area contributed by atoms with E-state index in [1.54, 1.807) is 0 Å². The van der Waals surface area contributed by atoms with E-state index in [4.69, 9.17) is 15.6 Å². The van der Waals surface area contributed by atoms with Crippen molar-refractivity contribution in [3.63, 3.8) is 0 Å². The van der Waals surface area contributed by atoms with Gasteiger partial charge in [0.15, 0.2) is 0 Å². The second-order valence-electron chi connectivity index (χ2n) is 4.28. The number of nitrogens with two attached hydrogens (primary N) is 1. The molecule has 0 heterocycles. The second kappa shape index (κ2) is 7.60. The Balaban J connectivity index is 2.11. The Morgan fingerprint density at radius 1 is 1.44 bits per heavy atom. The molecule has 1 rings (SSSR count). The average molecular weight is 230 g/mol. The average Bonchev–Trinajstić information content (AvgIpc) is 2.74. The monoisotopic (exact) mass is 230 g/mol. The minimum absolute atomic E-state index is 0.0771. The molecular weight excluding hydrogens is 208 g/mol. The Morgan fingerprint density at radius 3 is 2.88 bits per heavy atom. The zero-order valence-electron chi connectivity index (χ0n) is 9.65. The zero-order valence-corrected chi connectivity index (χ0v) is 9.65. The van der Waals surface area contributed by atoms with Crippen LogP contribution in [0, 0.1) is 11.8 Å². The van der Waals surface area contributed by atoms with Crippen LogP contribution in [0.25, 0.3) is 0 Å². The fourth-order valence-electron chi connectivity index (χ4n) is 2.17. The van der Waals surface area contributed by atoms with Gasteiger partial charge in [-0.3, -0.25) is 4.79 Å². The second-order valence-corrected chi connectivity index (χ2v) is 4.28. The Bertz CT molecular complexity index is 211. The maximum absolute atomic E-state index is 11.3. The molecule has 1 aliphatic rings. The molecule has 2 unspecified atom stereocenters. The molecule has 0 aliphatic heterocycles. The minimum atomic E-state index is -0.1000. The van der Waals surface area contributed by atoms with Crippen molar-refractivity contribution in [3.8, 4) is 0 Å². The van der Waals surface area contributed by atoms with Gasteiger partial charge in [-0.15, -0.1) is 0 Å². The number of rotatable bonds is 7. The summed E-state index contributed by atoms with van der Waals surface area (Å²) in [5, 5.41) is 12.0. The number of carbonyl (C=O) groups excluding carboxylic acids is 1. The van der Waals surface area contributed by atoms with Crippen LogP contribution in [0.15, 0.2) is 0 Å². The van der Waals surface area contributed by atoms with Crippen LogP contribution in [0.1, 0.15) is 19.3 Å². The molecule has 1 amide bonds. The Kier molecular flexibility index (Phi) is 6.37. The van der Waals surface area contributed by atoms with E-state index in [1.165, 1.54) is 0 Å². The van der Waals surface area contributed by atoms with Gasteiger partial charge < -0.3 is 20.9 Å². The third kappa shape index (κ3) is 4.47. The first-order valence-electron chi connectivity index (χ1n) is 5.93. The van der Waals surface area contributed by atoms with Gasteiger partial charge in [0.2, 0.25) is 5.91 Å². The van der Waals surface area contributed by atoms with Crippen LogP contribution in [0.5, 0.6) is 0 Å². The van der Waals surface area contributed by atoms with Crippen LogP contribution >= 0.6 is 0 Å². The highest BCUT2D eigenvalue weighted by atomic mass is 16.5. The molecule has 2 atom stereocenters. The third-order valence-corrected chi connectivity index (χ3v) is 3.11. The zero-order chi connectivity index (χ0) is 11.8. The Labute approximate surface area is 96.3 Å². The van der Waals surface area contributed by atoms with Crippen molar-refractivity contribution in [2.75, 3.05) is 32.9 Å². The fourth-order valence-corrected chi connectivity index (χ4v) is 2.17. The van der Waals surface area contributed by atoms with Crippen molar-refractivity contribution in [2.24, 2.45) is 17.6 Å². The maximum Gasteiger partial charge on any atom is 0.246 e. The number of carbonyl (C=O) groups is 1. The number of nitrogens with one attached hydrogen (secondary N) is 1. The van der Waals surface area contributed by atoms with Crippen molar-refractivity contribution < 1.29 is 14.6 Å². The topological polar surface area (TPSA) is 84.6 Å². The quantitative estimate of drug-likeness (QED) is 0.514. The highest BCUT2D eigenvalue weighted by Gasteiger charge is 2.26. The standard InChI is InChI=1S/C11H22N2O3/c12-4-5-16-8-11(15)13-6-9-2-1-3-10(9)7-14/h9-10,14H,1-8,12H2,(H,13,15). The molecule has 94 valence electrons. The molecule has 4 N–H and O–H groups in total. The van der Waals surface area contributed by atoms with Crippen LogP contribution in [0.2, 0.25) is 0 Å². The highest BCUT2D eigenvalue weighted by molar-refractivity contribution is 5.77. The fraction of sp³-hybridized carbons (Fsp3) is 0.909. The van der Waals surface area contributed by atoms with Crippen LogP contribution < -0.4 is 11.1 Å². The summed E-state index contributed by atoms with van der Waals surface area (Å²) < 4.78 is 5.03. The van der Waals surface area contributed by atoms with Crippen LogP contribution in [-0.4, -0.2) is 43.9 Å². The smallest absolute Gasteiger partial charge is 0.246 e. The van der Waals surface area contributed by atoms with Crippen molar-refractivity contribution >= 4 is 5.91 Å². The molecule has 5 heteroatoms. The first kappa shape index (κ1) is 13.4. The SMILES string of the molecule is NCCOCC(=O)NCC1CCCC1CO. The first-order chi connectivity index (χ1) is 7.77. The van der Waals surface area contributed by atoms with Crippen LogP contribution in [0.3, 0.4) is 0 Å². The molecular formula is C11H22N2O3. The van der Waals surface area contributed by atoms with Gasteiger partial charge in [0.1, 0.15) is 6.61 Å². The van der Waals surface area contributed by atoms with Crippen molar-refractivity contribution in [1.29, 1.82) is 0 Å². The molecule has 1 aliphatic carbocycles. The lowest BCUT2D eigenvalue weighted by Gasteiger charge is -2.17. The predicted molar refractivity (Wildman–Crippen MR) is 60.8 cm³/mol. The van der Waals surface area contributed by atoms with Crippen LogP contribution in [0.4, 0.5) is 0 Å². The van der Waals surface area contributed by atoms with Gasteiger partial charge >= 0.3 is 0 Å². The summed E-state index contributed by atoms with van der Waals surface area (Å²) in [6, 6.07) is 0. The first-order valence-corrected chi connectivity index (χ1v) is 5.93. The number of aliphatic hydroxyl groups excluding tert-OH is 1. The number of hydrogen-bond acceptors (Lipinski definition) is 4. The van der Waals surface area contributed by atoms with E-state index >= 15 is 0 Å². The summed E-state index contributed by atoms with van der Waals surface area (Å²) in [5.41, 5.74) is 5.24. The van der Waals surface area contributed by atoms with Crippen molar-refractivity contribution in [1.82, 2.24) is 5.32 Å². The molecule has 0 bridgehead atoms. The van der Waals surface area contributed by atoms with Gasteiger partial charge in [-0.1, -0.05) is 6.42 Å². The van der Waals surface area contributed by atoms with Gasteiger partial charge in [-0.05, 0) is 24.7 Å². The lowest BCUT2D eigenvalue weighted by Crippen LogP contribution is -2.34. The van der Waals surface area contributed by atoms with Crippen molar-refractivity contribution in [3.05, 3.63) is 0 Å². The van der Waals surface area contributed by atoms with E-state index in [0.717, 1.165) is 19.3 Å². The number of amides is 1. The summed E-state index contributed by atoms with van der Waals surface area (Å²) in [6.45, 7) is 1.80.